The van der Waals surface area contributed by atoms with Crippen LogP contribution in [0.3, 0.4) is 0 Å². The van der Waals surface area contributed by atoms with Crippen molar-refractivity contribution in [2.45, 2.75) is 38.5 Å². The molecule has 0 saturated carbocycles. The number of fused-ring (bicyclic) bond motifs is 7. The zero-order valence-corrected chi connectivity index (χ0v) is 30.3. The normalized spacial score (nSPS) is 15.9. The van der Waals surface area contributed by atoms with E-state index in [0.717, 1.165) is 93.3 Å². The monoisotopic (exact) mass is 695 g/mol. The molecule has 55 heavy (non-hydrogen) atoms. The Morgan fingerprint density at radius 1 is 0.491 bits per heavy atom. The maximum Gasteiger partial charge on any atom is 0.238 e. The molecule has 5 nitrogen and oxygen atoms in total. The molecule has 0 atom stereocenters. The summed E-state index contributed by atoms with van der Waals surface area (Å²) in [6, 6.07) is 20.8. The van der Waals surface area contributed by atoms with Gasteiger partial charge in [-0.3, -0.25) is 4.57 Å². The SMILES string of the molecule is [B]c1c([B])c([B])c(-n2c3ccccc3c3c4c5ccccc5n(-c5nc(C6=CCCC=C6)nc(C6=CC=C(C7=CC=CCC7)CC6)n5)c4ccc32)c([B])c1[B]. The quantitative estimate of drug-likeness (QED) is 0.235. The minimum absolute atomic E-state index is 0.181. The molecule has 0 N–H and O–H groups in total. The number of hydrogen-bond acceptors (Lipinski definition) is 3. The highest BCUT2D eigenvalue weighted by atomic mass is 15.2. The maximum atomic E-state index is 6.70. The van der Waals surface area contributed by atoms with Crippen molar-refractivity contribution in [2.24, 2.45) is 0 Å². The number of para-hydroxylation sites is 2. The molecule has 0 fully saturated rings. The van der Waals surface area contributed by atoms with E-state index in [0.29, 0.717) is 23.3 Å². The summed E-state index contributed by atoms with van der Waals surface area (Å²) in [6.07, 6.45) is 23.5. The second kappa shape index (κ2) is 13.2. The van der Waals surface area contributed by atoms with Gasteiger partial charge in [0.25, 0.3) is 0 Å². The fourth-order valence-corrected chi connectivity index (χ4v) is 8.53. The standard InChI is InChI=1S/C45H30B5N5/c46-37-38(47)40(49)42(41(50)39(37)48)54-31-17-9-7-15-29(31)35-33(54)23-24-34-36(35)30-16-8-10-18-32(30)55(34)45-52-43(27-13-5-2-6-14-27)51-44(53-45)28-21-19-26(20-22-28)25-11-3-1-4-12-25/h1,3,5,7-11,13-19,21,23-24H,2,4,6,12,20,22H2. The first-order valence-electron chi connectivity index (χ1n) is 18.8. The molecule has 10 radical (unpaired) electrons. The molecule has 3 heterocycles. The van der Waals surface area contributed by atoms with Crippen LogP contribution in [0.25, 0.3) is 66.4 Å². The summed E-state index contributed by atoms with van der Waals surface area (Å²) >= 11 is 0. The molecular formula is C45H30B5N5. The van der Waals surface area contributed by atoms with Crippen molar-refractivity contribution in [3.63, 3.8) is 0 Å². The molecule has 3 aromatic heterocycles. The van der Waals surface area contributed by atoms with E-state index < -0.39 is 0 Å². The Bertz CT molecular complexity index is 2960. The van der Waals surface area contributed by atoms with E-state index in [4.69, 9.17) is 54.2 Å². The summed E-state index contributed by atoms with van der Waals surface area (Å²) in [5.41, 5.74) is 10.3. The first-order valence-corrected chi connectivity index (χ1v) is 18.8. The molecular weight excluding hydrogens is 665 g/mol. The summed E-state index contributed by atoms with van der Waals surface area (Å²) in [5, 5.41) is 4.16. The second-order valence-corrected chi connectivity index (χ2v) is 14.4. The number of nitrogens with zero attached hydrogens (tertiary/aromatic N) is 5. The molecule has 10 rings (SSSR count). The number of benzene rings is 4. The minimum atomic E-state index is 0.181. The van der Waals surface area contributed by atoms with Gasteiger partial charge >= 0.3 is 0 Å². The Morgan fingerprint density at radius 2 is 1.09 bits per heavy atom. The van der Waals surface area contributed by atoms with Crippen LogP contribution >= 0.6 is 0 Å². The Balaban J connectivity index is 1.25. The van der Waals surface area contributed by atoms with Gasteiger partial charge in [0, 0.05) is 32.8 Å². The molecule has 0 saturated heterocycles. The van der Waals surface area contributed by atoms with Gasteiger partial charge in [0.15, 0.2) is 11.6 Å². The summed E-state index contributed by atoms with van der Waals surface area (Å²) in [6.45, 7) is 0. The van der Waals surface area contributed by atoms with Crippen LogP contribution in [0, 0.1) is 0 Å². The maximum absolute atomic E-state index is 6.70. The minimum Gasteiger partial charge on any atom is -0.310 e. The number of rotatable bonds is 5. The Morgan fingerprint density at radius 3 is 1.73 bits per heavy atom. The molecule has 10 heteroatoms. The lowest BCUT2D eigenvalue weighted by atomic mass is 9.61. The van der Waals surface area contributed by atoms with E-state index in [1.54, 1.807) is 0 Å². The largest absolute Gasteiger partial charge is 0.310 e. The van der Waals surface area contributed by atoms with Gasteiger partial charge in [-0.05, 0) is 79.5 Å². The van der Waals surface area contributed by atoms with Crippen LogP contribution in [0.15, 0.2) is 120 Å². The molecule has 4 aromatic carbocycles. The molecule has 0 spiro atoms. The highest BCUT2D eigenvalue weighted by Crippen LogP contribution is 2.42. The van der Waals surface area contributed by atoms with Gasteiger partial charge in [-0.15, -0.1) is 16.4 Å². The molecule has 7 aromatic rings. The van der Waals surface area contributed by atoms with Crippen LogP contribution in [0.1, 0.15) is 50.2 Å². The summed E-state index contributed by atoms with van der Waals surface area (Å²) in [7, 11) is 32.4. The van der Waals surface area contributed by atoms with E-state index in [9.17, 15) is 0 Å². The van der Waals surface area contributed by atoms with Gasteiger partial charge in [-0.25, -0.2) is 4.98 Å². The van der Waals surface area contributed by atoms with Gasteiger partial charge in [0.2, 0.25) is 5.95 Å². The molecule has 0 unspecified atom stereocenters. The molecule has 3 aliphatic rings. The van der Waals surface area contributed by atoms with Crippen LogP contribution in [-0.2, 0) is 0 Å². The predicted octanol–water partition coefficient (Wildman–Crippen LogP) is 5.15. The Hall–Kier alpha value is -5.75. The van der Waals surface area contributed by atoms with Crippen molar-refractivity contribution >= 4 is 121 Å². The highest BCUT2D eigenvalue weighted by molar-refractivity contribution is 6.68. The highest BCUT2D eigenvalue weighted by Gasteiger charge is 2.25. The summed E-state index contributed by atoms with van der Waals surface area (Å²) in [5.74, 6) is 1.93. The molecule has 0 aliphatic heterocycles. The third-order valence-corrected chi connectivity index (χ3v) is 11.3. The first kappa shape index (κ1) is 33.8. The predicted molar refractivity (Wildman–Crippen MR) is 234 cm³/mol. The second-order valence-electron chi connectivity index (χ2n) is 14.4. The average molecular weight is 695 g/mol. The Kier molecular flexibility index (Phi) is 8.13. The molecule has 3 aliphatic carbocycles. The van der Waals surface area contributed by atoms with Crippen molar-refractivity contribution in [1.82, 2.24) is 24.1 Å². The lowest BCUT2D eigenvalue weighted by molar-refractivity contribution is 0.872. The third-order valence-electron chi connectivity index (χ3n) is 11.3. The van der Waals surface area contributed by atoms with Gasteiger partial charge < -0.3 is 4.57 Å². The van der Waals surface area contributed by atoms with Crippen LogP contribution in [0.5, 0.6) is 0 Å². The van der Waals surface area contributed by atoms with Gasteiger partial charge in [0.1, 0.15) is 39.2 Å². The van der Waals surface area contributed by atoms with Crippen LogP contribution in [0.4, 0.5) is 0 Å². The summed E-state index contributed by atoms with van der Waals surface area (Å²) < 4.78 is 4.22. The van der Waals surface area contributed by atoms with Crippen molar-refractivity contribution in [2.75, 3.05) is 0 Å². The van der Waals surface area contributed by atoms with E-state index in [1.165, 1.54) is 11.1 Å². The average Bonchev–Trinajstić information content (AvgIpc) is 3.76. The lowest BCUT2D eigenvalue weighted by Gasteiger charge is -2.23. The molecule has 0 amide bonds. The first-order chi connectivity index (χ1) is 26.9. The van der Waals surface area contributed by atoms with E-state index >= 15 is 0 Å². The zero-order valence-electron chi connectivity index (χ0n) is 30.3. The topological polar surface area (TPSA) is 48.5 Å². The van der Waals surface area contributed by atoms with Crippen molar-refractivity contribution in [3.8, 4) is 11.6 Å². The van der Waals surface area contributed by atoms with E-state index in [-0.39, 0.29) is 27.3 Å². The zero-order chi connectivity index (χ0) is 37.4. The van der Waals surface area contributed by atoms with Crippen LogP contribution in [-0.4, -0.2) is 63.3 Å². The number of allylic oxidation sites excluding steroid dienone is 12. The van der Waals surface area contributed by atoms with E-state index in [1.807, 2.05) is 16.7 Å². The van der Waals surface area contributed by atoms with Crippen molar-refractivity contribution in [1.29, 1.82) is 0 Å². The van der Waals surface area contributed by atoms with Crippen LogP contribution < -0.4 is 27.3 Å². The fourth-order valence-electron chi connectivity index (χ4n) is 8.53. The van der Waals surface area contributed by atoms with Gasteiger partial charge in [-0.2, -0.15) is 9.97 Å². The summed E-state index contributed by atoms with van der Waals surface area (Å²) in [4.78, 5) is 15.6. The van der Waals surface area contributed by atoms with E-state index in [2.05, 4.69) is 102 Å². The molecule has 0 bridgehead atoms. The van der Waals surface area contributed by atoms with Gasteiger partial charge in [-0.1, -0.05) is 95.9 Å². The number of hydrogen-bond donors (Lipinski definition) is 0. The Labute approximate surface area is 326 Å². The fraction of sp³-hybridized carbons (Fsp3) is 0.133. The number of aromatic nitrogens is 5. The molecule has 250 valence electrons. The van der Waals surface area contributed by atoms with Crippen LogP contribution in [0.2, 0.25) is 0 Å². The third kappa shape index (κ3) is 5.32. The van der Waals surface area contributed by atoms with Crippen molar-refractivity contribution in [3.05, 3.63) is 132 Å². The lowest BCUT2D eigenvalue weighted by Crippen LogP contribution is -2.56. The van der Waals surface area contributed by atoms with Gasteiger partial charge in [0.05, 0.1) is 22.1 Å². The van der Waals surface area contributed by atoms with Crippen molar-refractivity contribution < 1.29 is 0 Å². The smallest absolute Gasteiger partial charge is 0.238 e.